The van der Waals surface area contributed by atoms with E-state index in [4.69, 9.17) is 9.47 Å². The van der Waals surface area contributed by atoms with Crippen molar-refractivity contribution in [1.29, 1.82) is 0 Å². The topological polar surface area (TPSA) is 49.6 Å². The molecular formula is C27H44Br2NO3Y-. The normalized spacial score (nSPS) is 11.7. The number of halogens is 2. The van der Waals surface area contributed by atoms with Gasteiger partial charge in [0.1, 0.15) is 5.75 Å². The van der Waals surface area contributed by atoms with E-state index in [1.165, 1.54) is 5.56 Å². The Balaban J connectivity index is 0. The Morgan fingerprint density at radius 2 is 1.41 bits per heavy atom. The van der Waals surface area contributed by atoms with E-state index in [2.05, 4.69) is 97.4 Å². The average Bonchev–Trinajstić information content (AvgIpc) is 2.72. The van der Waals surface area contributed by atoms with E-state index in [0.29, 0.717) is 54.9 Å². The molecule has 193 valence electrons. The zero-order valence-electron chi connectivity index (χ0n) is 22.6. The van der Waals surface area contributed by atoms with Gasteiger partial charge < -0.3 is 14.8 Å². The third-order valence-electron chi connectivity index (χ3n) is 5.40. The van der Waals surface area contributed by atoms with Crippen molar-refractivity contribution in [1.82, 2.24) is 0 Å². The summed E-state index contributed by atoms with van der Waals surface area (Å²) in [6.07, 6.45) is 0. The van der Waals surface area contributed by atoms with Crippen molar-refractivity contribution < 1.29 is 47.0 Å². The Kier molecular flexibility index (Phi) is 20.8. The molecule has 1 aromatic rings. The zero-order chi connectivity index (χ0) is 25.7. The summed E-state index contributed by atoms with van der Waals surface area (Å²) in [7, 11) is 0. The maximum absolute atomic E-state index is 11.3. The van der Waals surface area contributed by atoms with Gasteiger partial charge in [0.05, 0.1) is 22.2 Å². The summed E-state index contributed by atoms with van der Waals surface area (Å²) in [6.45, 7) is 24.8. The van der Waals surface area contributed by atoms with E-state index in [0.717, 1.165) is 14.7 Å². The molecule has 0 N–H and O–H groups in total. The van der Waals surface area contributed by atoms with Gasteiger partial charge in [0.25, 0.3) is 0 Å². The monoisotopic (exact) mass is 677 g/mol. The molecule has 0 bridgehead atoms. The molecule has 0 saturated heterocycles. The van der Waals surface area contributed by atoms with Gasteiger partial charge in [-0.05, 0) is 86.1 Å². The molecule has 1 radical (unpaired) electrons. The van der Waals surface area contributed by atoms with Crippen LogP contribution in [0.2, 0.25) is 0 Å². The van der Waals surface area contributed by atoms with Gasteiger partial charge in [-0.15, -0.1) is 13.1 Å². The first-order valence-electron chi connectivity index (χ1n) is 12.0. The van der Waals surface area contributed by atoms with Crippen LogP contribution in [0, 0.1) is 23.7 Å². The molecule has 0 fully saturated rings. The Hall–Kier alpha value is 0.254. The molecule has 0 saturated carbocycles. The summed E-state index contributed by atoms with van der Waals surface area (Å²) in [5.41, 5.74) is 1.73. The molecule has 0 amide bonds. The number of esters is 1. The third kappa shape index (κ3) is 12.5. The van der Waals surface area contributed by atoms with Crippen LogP contribution in [0.15, 0.2) is 33.2 Å². The van der Waals surface area contributed by atoms with Crippen molar-refractivity contribution in [2.75, 3.05) is 26.3 Å². The predicted molar refractivity (Wildman–Crippen MR) is 148 cm³/mol. The van der Waals surface area contributed by atoms with Gasteiger partial charge in [-0.2, -0.15) is 0 Å². The van der Waals surface area contributed by atoms with Crippen molar-refractivity contribution in [2.45, 2.75) is 68.2 Å². The molecule has 0 heterocycles. The molecule has 0 spiro atoms. The molecule has 0 aliphatic heterocycles. The number of hydrogen-bond donors (Lipinski definition) is 0. The second-order valence-corrected chi connectivity index (χ2v) is 10.8. The molecule has 34 heavy (non-hydrogen) atoms. The van der Waals surface area contributed by atoms with Crippen molar-refractivity contribution in [2.24, 2.45) is 23.7 Å². The van der Waals surface area contributed by atoms with E-state index in [1.807, 2.05) is 13.8 Å². The van der Waals surface area contributed by atoms with Crippen LogP contribution in [0.5, 0.6) is 5.75 Å². The minimum Gasteiger partial charge on any atom is -0.657 e. The van der Waals surface area contributed by atoms with Crippen molar-refractivity contribution in [3.63, 3.8) is 0 Å². The predicted octanol–water partition coefficient (Wildman–Crippen LogP) is 8.77. The number of benzene rings is 1. The molecule has 1 rings (SSSR count). The Labute approximate surface area is 250 Å². The fourth-order valence-electron chi connectivity index (χ4n) is 4.21. The smallest absolute Gasteiger partial charge is 0.333 e. The molecule has 7 heteroatoms. The maximum Gasteiger partial charge on any atom is 0.333 e. The van der Waals surface area contributed by atoms with Crippen LogP contribution in [0.25, 0.3) is 5.32 Å². The first-order chi connectivity index (χ1) is 15.5. The summed E-state index contributed by atoms with van der Waals surface area (Å²) in [4.78, 5) is 11.3. The summed E-state index contributed by atoms with van der Waals surface area (Å²) in [5.74, 6) is 3.24. The largest absolute Gasteiger partial charge is 0.657 e. The van der Waals surface area contributed by atoms with Gasteiger partial charge in [-0.25, -0.2) is 4.79 Å². The van der Waals surface area contributed by atoms with Gasteiger partial charge >= 0.3 is 5.97 Å². The summed E-state index contributed by atoms with van der Waals surface area (Å²) in [5, 5.41) is 4.35. The van der Waals surface area contributed by atoms with Gasteiger partial charge in [0, 0.05) is 38.3 Å². The fourth-order valence-corrected chi connectivity index (χ4v) is 5.66. The van der Waals surface area contributed by atoms with Crippen LogP contribution in [0.4, 0.5) is 0 Å². The Morgan fingerprint density at radius 3 is 1.82 bits per heavy atom. The van der Waals surface area contributed by atoms with Crippen molar-refractivity contribution in [3.05, 3.63) is 44.1 Å². The number of hydrogen-bond acceptors (Lipinski definition) is 3. The SMILES string of the molecule is C=C(C)C(=O)OCC[N-]CCOc1c(Br)cc(C(C(C)C)C(C(C)C)C(C)C)cc1Br.CC.[Y]. The molecule has 1 atom stereocenters. The van der Waals surface area contributed by atoms with E-state index in [9.17, 15) is 4.79 Å². The number of carbonyl (C=O) groups is 1. The molecule has 1 aromatic carbocycles. The zero-order valence-corrected chi connectivity index (χ0v) is 28.6. The van der Waals surface area contributed by atoms with Gasteiger partial charge in [-0.1, -0.05) is 62.0 Å². The first kappa shape index (κ1) is 36.4. The number of rotatable bonds is 13. The van der Waals surface area contributed by atoms with Crippen LogP contribution < -0.4 is 4.74 Å². The number of carbonyl (C=O) groups excluding carboxylic acids is 1. The molecular weight excluding hydrogens is 635 g/mol. The first-order valence-corrected chi connectivity index (χ1v) is 13.6. The average molecular weight is 679 g/mol. The van der Waals surface area contributed by atoms with E-state index in [1.54, 1.807) is 6.92 Å². The van der Waals surface area contributed by atoms with Crippen LogP contribution >= 0.6 is 31.9 Å². The van der Waals surface area contributed by atoms with Gasteiger partial charge in [-0.3, -0.25) is 0 Å². The molecule has 0 aromatic heterocycles. The van der Waals surface area contributed by atoms with Crippen molar-refractivity contribution in [3.8, 4) is 5.75 Å². The standard InChI is InChI=1S/C25H38Br2NO3.C2H6.Y/c1-15(2)22(16(3)4)23(17(5)6)19-13-20(26)24(21(27)14-19)30-11-9-28-10-12-31-25(29)18(7)8;1-2;/h13-17,22-23H,7,9-12H2,1-6,8H3;1-2H3;/q-1;;. The third-order valence-corrected chi connectivity index (χ3v) is 6.58. The fraction of sp³-hybridized carbons (Fsp3) is 0.667. The minimum absolute atomic E-state index is 0. The second kappa shape index (κ2) is 19.4. The minimum atomic E-state index is -0.378. The Morgan fingerprint density at radius 1 is 0.941 bits per heavy atom. The van der Waals surface area contributed by atoms with Crippen LogP contribution in [0.1, 0.15) is 73.8 Å². The molecule has 4 nitrogen and oxygen atoms in total. The number of nitrogens with zero attached hydrogens (tertiary/aromatic N) is 1. The molecule has 0 aliphatic rings. The van der Waals surface area contributed by atoms with E-state index in [-0.39, 0.29) is 45.3 Å². The van der Waals surface area contributed by atoms with Gasteiger partial charge in [0.2, 0.25) is 0 Å². The summed E-state index contributed by atoms with van der Waals surface area (Å²) in [6, 6.07) is 4.41. The van der Waals surface area contributed by atoms with Crippen LogP contribution in [0.3, 0.4) is 0 Å². The molecule has 0 aliphatic carbocycles. The quantitative estimate of drug-likeness (QED) is 0.119. The number of ether oxygens (including phenoxy) is 2. The van der Waals surface area contributed by atoms with Crippen LogP contribution in [-0.2, 0) is 42.2 Å². The van der Waals surface area contributed by atoms with E-state index < -0.39 is 0 Å². The van der Waals surface area contributed by atoms with Crippen molar-refractivity contribution >= 4 is 37.8 Å². The summed E-state index contributed by atoms with van der Waals surface area (Å²) < 4.78 is 12.9. The summed E-state index contributed by atoms with van der Waals surface area (Å²) >= 11 is 7.42. The Bertz CT molecular complexity index is 708. The molecule has 1 unspecified atom stereocenters. The van der Waals surface area contributed by atoms with E-state index >= 15 is 0 Å². The maximum atomic E-state index is 11.3. The second-order valence-electron chi connectivity index (χ2n) is 9.08. The van der Waals surface area contributed by atoms with Gasteiger partial charge in [0.15, 0.2) is 0 Å². The van der Waals surface area contributed by atoms with Crippen LogP contribution in [-0.4, -0.2) is 32.3 Å².